The first kappa shape index (κ1) is 18.4. The topological polar surface area (TPSA) is 46.6 Å². The molecule has 0 N–H and O–H groups in total. The number of hydrogen-bond donors (Lipinski definition) is 0. The normalized spacial score (nSPS) is 11.3. The molecule has 0 aliphatic carbocycles. The van der Waals surface area contributed by atoms with E-state index in [4.69, 9.17) is 27.9 Å². The molecule has 124 valence electrons. The lowest BCUT2D eigenvalue weighted by atomic mass is 10.3. The van der Waals surface area contributed by atoms with Crippen molar-refractivity contribution in [3.8, 4) is 5.75 Å². The summed E-state index contributed by atoms with van der Waals surface area (Å²) in [6, 6.07) is 9.89. The van der Waals surface area contributed by atoms with Gasteiger partial charge in [-0.1, -0.05) is 45.2 Å². The quantitative estimate of drug-likeness (QED) is 0.661. The summed E-state index contributed by atoms with van der Waals surface area (Å²) in [6.07, 6.45) is 0. The minimum absolute atomic E-state index is 0.0561. The largest absolute Gasteiger partial charge is 0.495 e. The second-order valence-corrected chi connectivity index (χ2v) is 8.05. The van der Waals surface area contributed by atoms with Gasteiger partial charge in [0.25, 0.3) is 10.0 Å². The smallest absolute Gasteiger partial charge is 0.265 e. The maximum absolute atomic E-state index is 13.0. The second-order valence-electron chi connectivity index (χ2n) is 4.54. The molecule has 0 radical (unpaired) electrons. The fourth-order valence-corrected chi connectivity index (χ4v) is 4.78. The van der Waals surface area contributed by atoms with E-state index >= 15 is 0 Å². The molecule has 0 saturated carbocycles. The van der Waals surface area contributed by atoms with Crippen LogP contribution in [0.25, 0.3) is 0 Å². The van der Waals surface area contributed by atoms with Crippen LogP contribution < -0.4 is 9.04 Å². The van der Waals surface area contributed by atoms with Crippen molar-refractivity contribution < 1.29 is 13.2 Å². The van der Waals surface area contributed by atoms with Gasteiger partial charge in [0.15, 0.2) is 0 Å². The highest BCUT2D eigenvalue weighted by Gasteiger charge is 2.28. The Morgan fingerprint density at radius 1 is 1.17 bits per heavy atom. The molecule has 0 fully saturated rings. The summed E-state index contributed by atoms with van der Waals surface area (Å²) in [5, 5.41) is 0.0139. The third kappa shape index (κ3) is 3.60. The van der Waals surface area contributed by atoms with Crippen molar-refractivity contribution in [2.24, 2.45) is 0 Å². The number of benzene rings is 2. The Labute approximate surface area is 154 Å². The van der Waals surface area contributed by atoms with Crippen LogP contribution in [0.4, 0.5) is 5.69 Å². The summed E-state index contributed by atoms with van der Waals surface area (Å²) in [5.41, 5.74) is 0.532. The first-order valence-corrected chi connectivity index (χ1v) is 9.62. The van der Waals surface area contributed by atoms with Gasteiger partial charge in [0.1, 0.15) is 15.7 Å². The highest BCUT2D eigenvalue weighted by molar-refractivity contribution is 9.10. The van der Waals surface area contributed by atoms with Crippen LogP contribution in [0.5, 0.6) is 5.75 Å². The van der Waals surface area contributed by atoms with E-state index < -0.39 is 10.0 Å². The molecule has 0 spiro atoms. The Hall–Kier alpha value is -0.950. The van der Waals surface area contributed by atoms with Crippen LogP contribution in [0.15, 0.2) is 45.8 Å². The van der Waals surface area contributed by atoms with Crippen LogP contribution in [0.2, 0.25) is 10.0 Å². The molecule has 2 aromatic rings. The van der Waals surface area contributed by atoms with Crippen LogP contribution in [-0.2, 0) is 10.0 Å². The minimum atomic E-state index is -3.86. The molecule has 8 heteroatoms. The van der Waals surface area contributed by atoms with Crippen LogP contribution >= 0.6 is 39.1 Å². The van der Waals surface area contributed by atoms with Crippen molar-refractivity contribution >= 4 is 54.8 Å². The van der Waals surface area contributed by atoms with E-state index in [0.29, 0.717) is 11.4 Å². The average molecular weight is 439 g/mol. The van der Waals surface area contributed by atoms with Crippen LogP contribution in [0, 0.1) is 0 Å². The zero-order chi connectivity index (χ0) is 17.2. The maximum Gasteiger partial charge on any atom is 0.265 e. The van der Waals surface area contributed by atoms with E-state index in [-0.39, 0.29) is 21.5 Å². The molecule has 0 unspecified atom stereocenters. The van der Waals surface area contributed by atoms with Gasteiger partial charge < -0.3 is 4.74 Å². The molecular weight excluding hydrogens is 425 g/mol. The maximum atomic E-state index is 13.0. The Kier molecular flexibility index (Phi) is 5.84. The Balaban J connectivity index is 2.58. The van der Waals surface area contributed by atoms with Gasteiger partial charge >= 0.3 is 0 Å². The van der Waals surface area contributed by atoms with Crippen molar-refractivity contribution in [1.29, 1.82) is 0 Å². The number of sulfonamides is 1. The number of hydrogen-bond acceptors (Lipinski definition) is 3. The summed E-state index contributed by atoms with van der Waals surface area (Å²) in [7, 11) is -2.42. The molecule has 0 saturated heterocycles. The lowest BCUT2D eigenvalue weighted by molar-refractivity contribution is 0.414. The predicted octanol–water partition coefficient (Wildman–Crippen LogP) is 4.98. The Morgan fingerprint density at radius 2 is 1.87 bits per heavy atom. The third-order valence-corrected chi connectivity index (χ3v) is 6.60. The number of anilines is 1. The number of rotatable bonds is 5. The van der Waals surface area contributed by atoms with Crippen LogP contribution in [0.1, 0.15) is 6.92 Å². The van der Waals surface area contributed by atoms with Crippen molar-refractivity contribution in [2.75, 3.05) is 18.0 Å². The summed E-state index contributed by atoms with van der Waals surface area (Å²) in [4.78, 5) is -0.0632. The van der Waals surface area contributed by atoms with E-state index in [9.17, 15) is 8.42 Å². The monoisotopic (exact) mass is 437 g/mol. The van der Waals surface area contributed by atoms with Crippen molar-refractivity contribution in [3.63, 3.8) is 0 Å². The highest BCUT2D eigenvalue weighted by Crippen LogP contribution is 2.38. The fourth-order valence-electron chi connectivity index (χ4n) is 2.11. The number of methoxy groups -OCH3 is 1. The minimum Gasteiger partial charge on any atom is -0.495 e. The summed E-state index contributed by atoms with van der Waals surface area (Å²) >= 11 is 15.6. The van der Waals surface area contributed by atoms with Crippen molar-refractivity contribution in [2.45, 2.75) is 11.8 Å². The molecular formula is C15H14BrCl2NO3S. The SMILES string of the molecule is CCN(c1cccc(Br)c1)S(=O)(=O)c1ccc(OC)c(Cl)c1Cl. The van der Waals surface area contributed by atoms with Crippen LogP contribution in [-0.4, -0.2) is 22.1 Å². The first-order chi connectivity index (χ1) is 10.8. The van der Waals surface area contributed by atoms with E-state index in [0.717, 1.165) is 4.47 Å². The second kappa shape index (κ2) is 7.30. The Morgan fingerprint density at radius 3 is 2.43 bits per heavy atom. The lowest BCUT2D eigenvalue weighted by Crippen LogP contribution is -2.31. The summed E-state index contributed by atoms with van der Waals surface area (Å²) in [6.45, 7) is 2.00. The van der Waals surface area contributed by atoms with Gasteiger partial charge in [0.2, 0.25) is 0 Å². The molecule has 4 nitrogen and oxygen atoms in total. The van der Waals surface area contributed by atoms with E-state index in [1.54, 1.807) is 25.1 Å². The van der Waals surface area contributed by atoms with Gasteiger partial charge in [-0.3, -0.25) is 4.31 Å². The molecule has 0 atom stereocenters. The van der Waals surface area contributed by atoms with Gasteiger partial charge in [-0.25, -0.2) is 8.42 Å². The predicted molar refractivity (Wildman–Crippen MR) is 97.4 cm³/mol. The van der Waals surface area contributed by atoms with Gasteiger partial charge in [0, 0.05) is 11.0 Å². The summed E-state index contributed by atoms with van der Waals surface area (Å²) < 4.78 is 33.0. The number of halogens is 3. The van der Waals surface area contributed by atoms with Crippen molar-refractivity contribution in [1.82, 2.24) is 0 Å². The molecule has 2 aromatic carbocycles. The van der Waals surface area contributed by atoms with E-state index in [1.807, 2.05) is 6.07 Å². The molecule has 0 aliphatic rings. The van der Waals surface area contributed by atoms with Gasteiger partial charge in [-0.15, -0.1) is 0 Å². The van der Waals surface area contributed by atoms with Gasteiger partial charge in [0.05, 0.1) is 17.8 Å². The first-order valence-electron chi connectivity index (χ1n) is 6.63. The summed E-state index contributed by atoms with van der Waals surface area (Å²) in [5.74, 6) is 0.320. The molecule has 0 amide bonds. The number of nitrogens with zero attached hydrogens (tertiary/aromatic N) is 1. The molecule has 0 aliphatic heterocycles. The van der Waals surface area contributed by atoms with E-state index in [2.05, 4.69) is 15.9 Å². The zero-order valence-corrected chi connectivity index (χ0v) is 16.3. The van der Waals surface area contributed by atoms with Crippen LogP contribution in [0.3, 0.4) is 0 Å². The molecule has 2 rings (SSSR count). The Bertz CT molecular complexity index is 827. The zero-order valence-electron chi connectivity index (χ0n) is 12.4. The third-order valence-electron chi connectivity index (χ3n) is 3.18. The lowest BCUT2D eigenvalue weighted by Gasteiger charge is -2.24. The number of ether oxygens (including phenoxy) is 1. The van der Waals surface area contributed by atoms with Gasteiger partial charge in [-0.2, -0.15) is 0 Å². The molecule has 0 aromatic heterocycles. The highest BCUT2D eigenvalue weighted by atomic mass is 79.9. The molecule has 0 bridgehead atoms. The van der Waals surface area contributed by atoms with E-state index in [1.165, 1.54) is 23.5 Å². The van der Waals surface area contributed by atoms with Gasteiger partial charge in [-0.05, 0) is 37.3 Å². The molecule has 23 heavy (non-hydrogen) atoms. The average Bonchev–Trinajstić information content (AvgIpc) is 2.50. The van der Waals surface area contributed by atoms with Crippen molar-refractivity contribution in [3.05, 3.63) is 50.9 Å². The standard InChI is InChI=1S/C15H14BrCl2NO3S/c1-3-19(11-6-4-5-10(16)9-11)23(20,21)13-8-7-12(22-2)14(17)15(13)18/h4-9H,3H2,1-2H3. The molecule has 0 heterocycles. The fraction of sp³-hybridized carbons (Fsp3) is 0.200.